The van der Waals surface area contributed by atoms with Gasteiger partial charge in [-0.1, -0.05) is 6.07 Å². The van der Waals surface area contributed by atoms with Crippen molar-refractivity contribution in [2.75, 3.05) is 6.54 Å². The summed E-state index contributed by atoms with van der Waals surface area (Å²) in [6.07, 6.45) is 2.60. The zero-order valence-electron chi connectivity index (χ0n) is 9.67. The number of aliphatic carboxylic acids is 1. The summed E-state index contributed by atoms with van der Waals surface area (Å²) in [4.78, 5) is 23.6. The molecule has 1 heterocycles. The van der Waals surface area contributed by atoms with Crippen molar-refractivity contribution in [2.45, 2.75) is 13.0 Å². The molecule has 0 aliphatic carbocycles. The Morgan fingerprint density at radius 2 is 2.00 bits per heavy atom. The molecule has 1 amide bonds. The Morgan fingerprint density at radius 1 is 1.22 bits per heavy atom. The lowest BCUT2D eigenvalue weighted by Crippen LogP contribution is -2.34. The van der Waals surface area contributed by atoms with Crippen molar-refractivity contribution in [2.24, 2.45) is 0 Å². The molecule has 0 bridgehead atoms. The number of nitrogens with zero attached hydrogens (tertiary/aromatic N) is 1. The van der Waals surface area contributed by atoms with E-state index in [0.717, 1.165) is 23.3 Å². The Kier molecular flexibility index (Phi) is 3.32. The highest BCUT2D eigenvalue weighted by Crippen LogP contribution is 2.23. The van der Waals surface area contributed by atoms with Crippen LogP contribution >= 0.6 is 0 Å². The van der Waals surface area contributed by atoms with Gasteiger partial charge in [-0.25, -0.2) is 4.79 Å². The molecule has 0 aromatic heterocycles. The summed E-state index contributed by atoms with van der Waals surface area (Å²) in [7, 11) is 0. The summed E-state index contributed by atoms with van der Waals surface area (Å²) < 4.78 is 0. The van der Waals surface area contributed by atoms with E-state index in [1.165, 1.54) is 0 Å². The molecule has 2 N–H and O–H groups in total. The van der Waals surface area contributed by atoms with Crippen LogP contribution in [-0.4, -0.2) is 33.5 Å². The number of phenols is 1. The molecule has 0 unspecified atom stereocenters. The maximum absolute atomic E-state index is 11.7. The molecule has 0 atom stereocenters. The predicted molar refractivity (Wildman–Crippen MR) is 64.0 cm³/mol. The van der Waals surface area contributed by atoms with E-state index in [2.05, 4.69) is 0 Å². The highest BCUT2D eigenvalue weighted by molar-refractivity contribution is 5.94. The van der Waals surface area contributed by atoms with E-state index < -0.39 is 5.97 Å². The van der Waals surface area contributed by atoms with Crippen LogP contribution in [0.2, 0.25) is 0 Å². The molecule has 0 saturated carbocycles. The second kappa shape index (κ2) is 4.91. The van der Waals surface area contributed by atoms with E-state index in [0.29, 0.717) is 19.5 Å². The number of hydrogen-bond donors (Lipinski definition) is 2. The maximum atomic E-state index is 11.7. The van der Waals surface area contributed by atoms with E-state index in [9.17, 15) is 14.7 Å². The van der Waals surface area contributed by atoms with Crippen LogP contribution in [0, 0.1) is 0 Å². The van der Waals surface area contributed by atoms with E-state index in [4.69, 9.17) is 5.11 Å². The van der Waals surface area contributed by atoms with Gasteiger partial charge < -0.3 is 15.1 Å². The quantitative estimate of drug-likeness (QED) is 0.762. The number of carboxylic acid groups (broad SMARTS) is 1. The lowest BCUT2D eigenvalue weighted by molar-refractivity contribution is -0.132. The smallest absolute Gasteiger partial charge is 0.328 e. The highest BCUT2D eigenvalue weighted by atomic mass is 16.4. The van der Waals surface area contributed by atoms with Gasteiger partial charge in [0, 0.05) is 25.2 Å². The topological polar surface area (TPSA) is 77.8 Å². The van der Waals surface area contributed by atoms with Gasteiger partial charge >= 0.3 is 5.97 Å². The van der Waals surface area contributed by atoms with Crippen molar-refractivity contribution in [1.29, 1.82) is 0 Å². The molecular weight excluding hydrogens is 234 g/mol. The van der Waals surface area contributed by atoms with Crippen LogP contribution < -0.4 is 0 Å². The molecule has 94 valence electrons. The number of carbonyl (C=O) groups excluding carboxylic acids is 1. The van der Waals surface area contributed by atoms with Crippen LogP contribution in [0.4, 0.5) is 0 Å². The van der Waals surface area contributed by atoms with Gasteiger partial charge in [-0.15, -0.1) is 0 Å². The number of phenolic OH excluding ortho intramolecular Hbond substituents is 1. The molecule has 5 heteroatoms. The number of amides is 1. The van der Waals surface area contributed by atoms with Crippen molar-refractivity contribution >= 4 is 11.9 Å². The lowest BCUT2D eigenvalue weighted by Gasteiger charge is -2.28. The molecule has 1 aliphatic heterocycles. The Morgan fingerprint density at radius 3 is 2.72 bits per heavy atom. The van der Waals surface area contributed by atoms with Crippen molar-refractivity contribution in [3.05, 3.63) is 41.5 Å². The van der Waals surface area contributed by atoms with Gasteiger partial charge in [-0.2, -0.15) is 0 Å². The van der Waals surface area contributed by atoms with Gasteiger partial charge in [0.1, 0.15) is 5.75 Å². The molecule has 0 fully saturated rings. The third-order valence-corrected chi connectivity index (χ3v) is 2.88. The van der Waals surface area contributed by atoms with Crippen molar-refractivity contribution < 1.29 is 19.8 Å². The first-order valence-electron chi connectivity index (χ1n) is 5.57. The van der Waals surface area contributed by atoms with E-state index in [1.807, 2.05) is 6.07 Å². The monoisotopic (exact) mass is 247 g/mol. The van der Waals surface area contributed by atoms with Gasteiger partial charge in [0.15, 0.2) is 0 Å². The molecule has 1 aromatic rings. The predicted octanol–water partition coefficient (Wildman–Crippen LogP) is 0.918. The van der Waals surface area contributed by atoms with E-state index >= 15 is 0 Å². The first-order chi connectivity index (χ1) is 8.56. The molecule has 0 radical (unpaired) electrons. The van der Waals surface area contributed by atoms with Crippen LogP contribution in [0.3, 0.4) is 0 Å². The number of rotatable bonds is 2. The Labute approximate surface area is 104 Å². The largest absolute Gasteiger partial charge is 0.508 e. The summed E-state index contributed by atoms with van der Waals surface area (Å²) in [5.74, 6) is -1.30. The molecule has 0 spiro atoms. The SMILES string of the molecule is O=C(O)/C=C/C(=O)N1CCc2ccc(O)cc2C1. The minimum absolute atomic E-state index is 0.170. The molecular formula is C13H13NO4. The molecule has 18 heavy (non-hydrogen) atoms. The van der Waals surface area contributed by atoms with E-state index in [-0.39, 0.29) is 11.7 Å². The zero-order chi connectivity index (χ0) is 13.1. The molecule has 1 aliphatic rings. The van der Waals surface area contributed by atoms with Crippen molar-refractivity contribution in [3.8, 4) is 5.75 Å². The summed E-state index contributed by atoms with van der Waals surface area (Å²) >= 11 is 0. The first kappa shape index (κ1) is 12.2. The number of aromatic hydroxyl groups is 1. The summed E-state index contributed by atoms with van der Waals surface area (Å²) in [6.45, 7) is 0.951. The average molecular weight is 247 g/mol. The summed E-state index contributed by atoms with van der Waals surface area (Å²) in [5, 5.41) is 17.9. The summed E-state index contributed by atoms with van der Waals surface area (Å²) in [5.41, 5.74) is 2.01. The fourth-order valence-electron chi connectivity index (χ4n) is 1.98. The number of benzene rings is 1. The second-order valence-electron chi connectivity index (χ2n) is 4.13. The van der Waals surface area contributed by atoms with Gasteiger partial charge in [0.25, 0.3) is 0 Å². The normalized spacial score (nSPS) is 14.6. The van der Waals surface area contributed by atoms with Gasteiger partial charge in [-0.05, 0) is 29.7 Å². The third-order valence-electron chi connectivity index (χ3n) is 2.88. The summed E-state index contributed by atoms with van der Waals surface area (Å²) in [6, 6.07) is 5.11. The number of fused-ring (bicyclic) bond motifs is 1. The fraction of sp³-hybridized carbons (Fsp3) is 0.231. The lowest BCUT2D eigenvalue weighted by atomic mass is 9.99. The van der Waals surface area contributed by atoms with Crippen LogP contribution in [0.1, 0.15) is 11.1 Å². The van der Waals surface area contributed by atoms with Gasteiger partial charge in [0.05, 0.1) is 0 Å². The second-order valence-corrected chi connectivity index (χ2v) is 4.13. The number of hydrogen-bond acceptors (Lipinski definition) is 3. The van der Waals surface area contributed by atoms with Crippen molar-refractivity contribution in [1.82, 2.24) is 4.90 Å². The van der Waals surface area contributed by atoms with Gasteiger partial charge in [0.2, 0.25) is 5.91 Å². The van der Waals surface area contributed by atoms with Crippen LogP contribution in [-0.2, 0) is 22.6 Å². The van der Waals surface area contributed by atoms with Crippen molar-refractivity contribution in [3.63, 3.8) is 0 Å². The van der Waals surface area contributed by atoms with Crippen LogP contribution in [0.25, 0.3) is 0 Å². The third kappa shape index (κ3) is 2.68. The number of carbonyl (C=O) groups is 2. The fourth-order valence-corrected chi connectivity index (χ4v) is 1.98. The Balaban J connectivity index is 2.11. The molecule has 5 nitrogen and oxygen atoms in total. The van der Waals surface area contributed by atoms with Crippen LogP contribution in [0.5, 0.6) is 5.75 Å². The number of carboxylic acids is 1. The molecule has 0 saturated heterocycles. The minimum Gasteiger partial charge on any atom is -0.508 e. The molecule has 1 aromatic carbocycles. The first-order valence-corrected chi connectivity index (χ1v) is 5.57. The maximum Gasteiger partial charge on any atom is 0.328 e. The average Bonchev–Trinajstić information content (AvgIpc) is 2.34. The minimum atomic E-state index is -1.14. The zero-order valence-corrected chi connectivity index (χ0v) is 9.67. The molecule has 2 rings (SSSR count). The highest BCUT2D eigenvalue weighted by Gasteiger charge is 2.19. The Hall–Kier alpha value is -2.30. The van der Waals surface area contributed by atoms with E-state index in [1.54, 1.807) is 17.0 Å². The van der Waals surface area contributed by atoms with Crippen LogP contribution in [0.15, 0.2) is 30.4 Å². The Bertz CT molecular complexity index is 522. The van der Waals surface area contributed by atoms with Gasteiger partial charge in [-0.3, -0.25) is 4.79 Å². The standard InChI is InChI=1S/C13H13NO4/c15-11-2-1-9-5-6-14(8-10(9)7-11)12(16)3-4-13(17)18/h1-4,7,15H,5-6,8H2,(H,17,18)/b4-3+.